The Kier molecular flexibility index (Phi) is 8.41. The molecule has 9 heteroatoms. The summed E-state index contributed by atoms with van der Waals surface area (Å²) in [6, 6.07) is 9.18. The highest BCUT2D eigenvalue weighted by Gasteiger charge is 2.58. The number of nitrogens with one attached hydrogen (secondary N) is 1. The summed E-state index contributed by atoms with van der Waals surface area (Å²) in [5.74, 6) is 0.338. The van der Waals surface area contributed by atoms with E-state index in [4.69, 9.17) is 4.74 Å². The van der Waals surface area contributed by atoms with Crippen LogP contribution in [0, 0.1) is 17.3 Å². The zero-order valence-electron chi connectivity index (χ0n) is 24.8. The molecule has 3 N–H and O–H groups in total. The highest BCUT2D eigenvalue weighted by molar-refractivity contribution is 5.91. The molecule has 1 amide bonds. The van der Waals surface area contributed by atoms with Gasteiger partial charge in [-0.15, -0.1) is 0 Å². The van der Waals surface area contributed by atoms with E-state index in [1.165, 1.54) is 18.6 Å². The molecule has 0 radical (unpaired) electrons. The number of aliphatic hydroxyl groups is 1. The van der Waals surface area contributed by atoms with Crippen LogP contribution in [0.1, 0.15) is 87.3 Å². The Morgan fingerprint density at radius 3 is 2.65 bits per heavy atom. The van der Waals surface area contributed by atoms with E-state index in [1.54, 1.807) is 12.1 Å². The molecule has 0 bridgehead atoms. The van der Waals surface area contributed by atoms with E-state index in [1.807, 2.05) is 6.07 Å². The number of ether oxygens (including phenoxy) is 1. The molecule has 4 aliphatic rings. The number of phenolic OH excluding ortho intramolecular Hbond substituents is 1. The number of likely N-dealkylation sites (tertiary alicyclic amines) is 1. The van der Waals surface area contributed by atoms with Crippen LogP contribution in [-0.2, 0) is 17.4 Å². The van der Waals surface area contributed by atoms with Gasteiger partial charge in [-0.2, -0.15) is 13.2 Å². The Morgan fingerprint density at radius 1 is 1.09 bits per heavy atom. The molecular weight excluding hydrogens is 557 g/mol. The monoisotopic (exact) mass is 600 g/mol. The predicted molar refractivity (Wildman–Crippen MR) is 158 cm³/mol. The van der Waals surface area contributed by atoms with Crippen LogP contribution < -0.4 is 10.1 Å². The molecule has 2 saturated carbocycles. The summed E-state index contributed by atoms with van der Waals surface area (Å²) in [5.41, 5.74) is 0.551. The molecule has 1 saturated heterocycles. The number of aromatic hydroxyl groups is 1. The maximum atomic E-state index is 14.3. The van der Waals surface area contributed by atoms with Crippen LogP contribution in [0.2, 0.25) is 0 Å². The molecule has 2 aromatic carbocycles. The number of piperidine rings is 1. The van der Waals surface area contributed by atoms with E-state index >= 15 is 0 Å². The van der Waals surface area contributed by atoms with Gasteiger partial charge in [-0.3, -0.25) is 4.79 Å². The second kappa shape index (κ2) is 12.0. The van der Waals surface area contributed by atoms with Gasteiger partial charge < -0.3 is 25.2 Å². The van der Waals surface area contributed by atoms with Crippen LogP contribution in [-0.4, -0.2) is 52.9 Å². The average Bonchev–Trinajstić information content (AvgIpc) is 3.27. The van der Waals surface area contributed by atoms with Crippen molar-refractivity contribution in [2.24, 2.45) is 17.3 Å². The number of carbonyl (C=O) groups is 1. The number of phenols is 1. The van der Waals surface area contributed by atoms with Crippen molar-refractivity contribution in [3.05, 3.63) is 53.1 Å². The van der Waals surface area contributed by atoms with Crippen molar-refractivity contribution < 1.29 is 32.9 Å². The van der Waals surface area contributed by atoms with E-state index in [0.717, 1.165) is 68.9 Å². The second-order valence-electron chi connectivity index (χ2n) is 13.4. The Morgan fingerprint density at radius 2 is 1.88 bits per heavy atom. The summed E-state index contributed by atoms with van der Waals surface area (Å²) < 4.78 is 49.3. The minimum absolute atomic E-state index is 0.0543. The van der Waals surface area contributed by atoms with Gasteiger partial charge in [0.25, 0.3) is 0 Å². The number of hydrogen-bond acceptors (Lipinski definition) is 5. The molecule has 43 heavy (non-hydrogen) atoms. The molecule has 3 aliphatic carbocycles. The van der Waals surface area contributed by atoms with Gasteiger partial charge in [-0.25, -0.2) is 0 Å². The first-order valence-electron chi connectivity index (χ1n) is 15.9. The van der Waals surface area contributed by atoms with E-state index in [9.17, 15) is 28.2 Å². The first-order chi connectivity index (χ1) is 20.5. The number of nitrogens with zero attached hydrogens (tertiary/aromatic N) is 1. The van der Waals surface area contributed by atoms with Crippen LogP contribution in [0.3, 0.4) is 0 Å². The normalized spacial score (nSPS) is 30.7. The Labute approximate surface area is 251 Å². The van der Waals surface area contributed by atoms with Gasteiger partial charge >= 0.3 is 6.18 Å². The topological polar surface area (TPSA) is 82.0 Å². The minimum atomic E-state index is -4.68. The smallest absolute Gasteiger partial charge is 0.418 e. The third kappa shape index (κ3) is 6.12. The third-order valence-electron chi connectivity index (χ3n) is 10.8. The van der Waals surface area contributed by atoms with Crippen LogP contribution in [0.4, 0.5) is 18.9 Å². The van der Waals surface area contributed by atoms with Gasteiger partial charge in [0, 0.05) is 17.8 Å². The Bertz CT molecular complexity index is 1330. The van der Waals surface area contributed by atoms with Gasteiger partial charge in [0.05, 0.1) is 17.4 Å². The molecule has 3 fully saturated rings. The summed E-state index contributed by atoms with van der Waals surface area (Å²) in [5, 5.41) is 23.6. The van der Waals surface area contributed by atoms with Crippen LogP contribution in [0.15, 0.2) is 36.4 Å². The third-order valence-corrected chi connectivity index (χ3v) is 10.8. The number of anilines is 1. The molecule has 0 unspecified atom stereocenters. The fraction of sp³-hybridized carbons (Fsp3) is 0.618. The zero-order chi connectivity index (χ0) is 30.4. The summed E-state index contributed by atoms with van der Waals surface area (Å²) in [4.78, 5) is 14.9. The number of hydrogen-bond donors (Lipinski definition) is 3. The largest absolute Gasteiger partial charge is 0.508 e. The molecule has 1 aliphatic heterocycles. The number of aliphatic hydroxyl groups excluding tert-OH is 1. The predicted octanol–water partition coefficient (Wildman–Crippen LogP) is 6.89. The summed E-state index contributed by atoms with van der Waals surface area (Å²) >= 11 is 0. The maximum absolute atomic E-state index is 14.3. The number of amides is 1. The number of aryl methyl sites for hydroxylation is 1. The van der Waals surface area contributed by atoms with Crippen LogP contribution in [0.25, 0.3) is 0 Å². The van der Waals surface area contributed by atoms with Crippen molar-refractivity contribution in [2.75, 3.05) is 25.0 Å². The van der Waals surface area contributed by atoms with Gasteiger partial charge in [0.1, 0.15) is 17.6 Å². The lowest BCUT2D eigenvalue weighted by Crippen LogP contribution is -2.51. The van der Waals surface area contributed by atoms with Gasteiger partial charge in [-0.05, 0) is 124 Å². The molecule has 6 atom stereocenters. The highest BCUT2D eigenvalue weighted by Crippen LogP contribution is 2.61. The van der Waals surface area contributed by atoms with Crippen molar-refractivity contribution in [3.63, 3.8) is 0 Å². The molecule has 234 valence electrons. The van der Waals surface area contributed by atoms with Gasteiger partial charge in [0.15, 0.2) is 0 Å². The zero-order valence-corrected chi connectivity index (χ0v) is 24.8. The second-order valence-corrected chi connectivity index (χ2v) is 13.4. The SMILES string of the molecule is C[C@]12C[C@H](Oc3ccc(NC(=O)CCCN4CCCCC4)c(C(F)(F)F)c3)[C@@H]3c4ccc(O)cc4CC[C@H]3[C@@H]1CC[C@@H]2O. The standard InChI is InChI=1S/C34H43F3N2O4/c1-33-20-29(32-24-11-8-22(40)18-21(24)7-10-25(32)26(33)12-14-30(33)41)43-23-9-13-28(27(19-23)34(35,36)37)38-31(42)6-5-17-39-15-3-2-4-16-39/h8-9,11,13,18-19,25-26,29-30,32,40-41H,2-7,10,12,14-17,20H2,1H3,(H,38,42)/t25-,26-,29-,30-,32+,33-/m0/s1. The lowest BCUT2D eigenvalue weighted by atomic mass is 9.54. The van der Waals surface area contributed by atoms with Crippen LogP contribution in [0.5, 0.6) is 11.5 Å². The summed E-state index contributed by atoms with van der Waals surface area (Å²) in [6.45, 7) is 4.89. The fourth-order valence-electron chi connectivity index (χ4n) is 8.68. The molecule has 6 rings (SSSR count). The number of carbonyl (C=O) groups excluding carboxylic acids is 1. The number of halogens is 3. The first kappa shape index (κ1) is 30.3. The Hall–Kier alpha value is -2.78. The molecule has 6 nitrogen and oxygen atoms in total. The first-order valence-corrected chi connectivity index (χ1v) is 15.9. The Balaban J connectivity index is 1.22. The molecule has 0 spiro atoms. The highest BCUT2D eigenvalue weighted by atomic mass is 19.4. The van der Waals surface area contributed by atoms with Crippen molar-refractivity contribution in [1.82, 2.24) is 4.90 Å². The summed E-state index contributed by atoms with van der Waals surface area (Å²) in [6.07, 6.45) is 2.51. The van der Waals surface area contributed by atoms with Crippen molar-refractivity contribution in [1.29, 1.82) is 0 Å². The average molecular weight is 601 g/mol. The molecular formula is C34H43F3N2O4. The van der Waals surface area contributed by atoms with Gasteiger partial charge in [-0.1, -0.05) is 19.4 Å². The lowest BCUT2D eigenvalue weighted by molar-refractivity contribution is -0.137. The van der Waals surface area contributed by atoms with Crippen LogP contribution >= 0.6 is 0 Å². The minimum Gasteiger partial charge on any atom is -0.508 e. The lowest BCUT2D eigenvalue weighted by Gasteiger charge is -2.53. The van der Waals surface area contributed by atoms with Crippen molar-refractivity contribution in [2.45, 2.75) is 95.4 Å². The van der Waals surface area contributed by atoms with E-state index in [2.05, 4.69) is 17.1 Å². The quantitative estimate of drug-likeness (QED) is 0.323. The van der Waals surface area contributed by atoms with E-state index in [-0.39, 0.29) is 40.9 Å². The fourth-order valence-corrected chi connectivity index (χ4v) is 8.68. The van der Waals surface area contributed by atoms with E-state index in [0.29, 0.717) is 25.2 Å². The van der Waals surface area contributed by atoms with Crippen molar-refractivity contribution >= 4 is 11.6 Å². The maximum Gasteiger partial charge on any atom is 0.418 e. The number of alkyl halides is 3. The number of fused-ring (bicyclic) bond motifs is 5. The summed E-state index contributed by atoms with van der Waals surface area (Å²) in [7, 11) is 0. The molecule has 2 aromatic rings. The molecule has 1 heterocycles. The van der Waals surface area contributed by atoms with Gasteiger partial charge in [0.2, 0.25) is 5.91 Å². The molecule has 0 aromatic heterocycles. The van der Waals surface area contributed by atoms with Crippen molar-refractivity contribution in [3.8, 4) is 11.5 Å². The number of benzene rings is 2. The number of rotatable bonds is 7. The van der Waals surface area contributed by atoms with E-state index < -0.39 is 29.9 Å².